The predicted molar refractivity (Wildman–Crippen MR) is 142 cm³/mol. The van der Waals surface area contributed by atoms with E-state index in [9.17, 15) is 4.79 Å². The van der Waals surface area contributed by atoms with E-state index in [-0.39, 0.29) is 11.8 Å². The number of nitrogens with two attached hydrogens (primary N) is 1. The molecule has 0 unspecified atom stereocenters. The molecular weight excluding hydrogens is 510 g/mol. The zero-order valence-corrected chi connectivity index (χ0v) is 21.4. The van der Waals surface area contributed by atoms with Crippen LogP contribution in [0, 0.1) is 11.8 Å². The van der Waals surface area contributed by atoms with Gasteiger partial charge in [-0.2, -0.15) is 11.3 Å². The van der Waals surface area contributed by atoms with E-state index in [2.05, 4.69) is 32.3 Å². The highest BCUT2D eigenvalue weighted by atomic mass is 79.9. The molecule has 176 valence electrons. The smallest absolute Gasteiger partial charge is 0.254 e. The van der Waals surface area contributed by atoms with E-state index in [0.717, 1.165) is 78.1 Å². The van der Waals surface area contributed by atoms with Gasteiger partial charge in [-0.15, -0.1) is 0 Å². The van der Waals surface area contributed by atoms with Crippen molar-refractivity contribution < 1.29 is 9.79 Å². The van der Waals surface area contributed by atoms with Gasteiger partial charge in [0.15, 0.2) is 6.21 Å². The van der Waals surface area contributed by atoms with Crippen LogP contribution < -0.4 is 16.0 Å². The van der Waals surface area contributed by atoms with Crippen LogP contribution in [0.5, 0.6) is 0 Å². The quantitative estimate of drug-likeness (QED) is 0.511. The summed E-state index contributed by atoms with van der Waals surface area (Å²) in [6, 6.07) is 9.81. The molecule has 3 aliphatic rings. The first kappa shape index (κ1) is 23.1. The van der Waals surface area contributed by atoms with Gasteiger partial charge in [0.2, 0.25) is 0 Å². The summed E-state index contributed by atoms with van der Waals surface area (Å²) < 4.78 is 0.994. The molecule has 1 aromatic carbocycles. The summed E-state index contributed by atoms with van der Waals surface area (Å²) in [5.74, 6) is 0.981. The summed E-state index contributed by atoms with van der Waals surface area (Å²) in [5.41, 5.74) is 11.9. The van der Waals surface area contributed by atoms with Crippen molar-refractivity contribution in [1.29, 1.82) is 0 Å². The second-order valence-electron chi connectivity index (χ2n) is 9.07. The third-order valence-electron chi connectivity index (χ3n) is 6.77. The van der Waals surface area contributed by atoms with E-state index in [1.54, 1.807) is 11.3 Å². The molecule has 1 aromatic heterocycles. The molecule has 8 heteroatoms. The Labute approximate surface area is 212 Å². The van der Waals surface area contributed by atoms with Crippen LogP contribution in [-0.2, 0) is 0 Å². The zero-order chi connectivity index (χ0) is 23.5. The van der Waals surface area contributed by atoms with Crippen LogP contribution >= 0.6 is 27.3 Å². The van der Waals surface area contributed by atoms with Crippen LogP contribution in [0.3, 0.4) is 0 Å². The largest absolute Gasteiger partial charge is 0.398 e. The highest BCUT2D eigenvalue weighted by Crippen LogP contribution is 2.30. The number of allylic oxidation sites excluding steroid dienone is 3. The van der Waals surface area contributed by atoms with Crippen LogP contribution in [0.2, 0.25) is 0 Å². The molecular formula is C26H29BrN5OS+. The SMILES string of the molecule is Nc1ccccc1C1=NC2=C(Br)C=[NH+]C[C@@H]2CC(NCC2CCN(C(=O)c3ccsc3)CC2)=C1. The van der Waals surface area contributed by atoms with Crippen LogP contribution in [-0.4, -0.2) is 48.9 Å². The molecule has 0 spiro atoms. The number of carbonyl (C=O) groups excluding carboxylic acids is 1. The van der Waals surface area contributed by atoms with Gasteiger partial charge in [0.1, 0.15) is 11.0 Å². The fraction of sp³-hybridized carbons (Fsp3) is 0.346. The predicted octanol–water partition coefficient (Wildman–Crippen LogP) is 2.94. The van der Waals surface area contributed by atoms with Crippen molar-refractivity contribution in [3.63, 3.8) is 0 Å². The highest BCUT2D eigenvalue weighted by Gasteiger charge is 2.29. The van der Waals surface area contributed by atoms with Crippen LogP contribution in [0.25, 0.3) is 0 Å². The molecule has 0 saturated carbocycles. The Morgan fingerprint density at radius 3 is 2.85 bits per heavy atom. The Kier molecular flexibility index (Phi) is 6.97. The maximum atomic E-state index is 12.6. The summed E-state index contributed by atoms with van der Waals surface area (Å²) in [5, 5.41) is 7.63. The monoisotopic (exact) mass is 538 g/mol. The number of halogens is 1. The number of hydrogen-bond donors (Lipinski definition) is 3. The number of anilines is 1. The number of likely N-dealkylation sites (tertiary alicyclic amines) is 1. The molecule has 1 atom stereocenters. The number of nitrogens with zero attached hydrogens (tertiary/aromatic N) is 2. The Balaban J connectivity index is 1.27. The molecule has 6 nitrogen and oxygen atoms in total. The number of rotatable bonds is 5. The zero-order valence-electron chi connectivity index (χ0n) is 19.0. The Morgan fingerprint density at radius 1 is 1.26 bits per heavy atom. The number of thiophene rings is 1. The molecule has 5 rings (SSSR count). The summed E-state index contributed by atoms with van der Waals surface area (Å²) in [6.07, 6.45) is 7.05. The minimum Gasteiger partial charge on any atom is -0.398 e. The Hall–Kier alpha value is -2.71. The first-order chi connectivity index (χ1) is 16.6. The molecule has 1 fully saturated rings. The van der Waals surface area contributed by atoms with Gasteiger partial charge in [-0.05, 0) is 58.3 Å². The van der Waals surface area contributed by atoms with E-state index in [1.165, 1.54) is 5.70 Å². The van der Waals surface area contributed by atoms with E-state index in [4.69, 9.17) is 10.7 Å². The highest BCUT2D eigenvalue weighted by molar-refractivity contribution is 9.12. The van der Waals surface area contributed by atoms with Gasteiger partial charge < -0.3 is 16.0 Å². The Bertz CT molecular complexity index is 1180. The standard InChI is InChI=1S/C26H28BrN5OS/c27-22-15-29-14-19-11-20(12-24(31-25(19)22)21-3-1-2-4-23(21)28)30-13-17-5-8-32(9-6-17)26(33)18-7-10-34-16-18/h1-4,7,10,12,15-17,19,30H,5-6,8-9,11,13-14,28H2/p+1/t19-/m0/s1. The second kappa shape index (κ2) is 10.3. The lowest BCUT2D eigenvalue weighted by molar-refractivity contribution is -0.460. The normalized spacial score (nSPS) is 21.0. The summed E-state index contributed by atoms with van der Waals surface area (Å²) in [7, 11) is 0. The number of aliphatic imine (C=N–C) groups is 1. The lowest BCUT2D eigenvalue weighted by atomic mass is 9.95. The number of hydrogen-bond acceptors (Lipinski definition) is 5. The van der Waals surface area contributed by atoms with Crippen molar-refractivity contribution in [2.24, 2.45) is 16.8 Å². The number of nitrogen functional groups attached to an aromatic ring is 1. The second-order valence-corrected chi connectivity index (χ2v) is 10.7. The number of piperidine rings is 1. The van der Waals surface area contributed by atoms with Gasteiger partial charge in [0, 0.05) is 48.4 Å². The molecule has 34 heavy (non-hydrogen) atoms. The lowest BCUT2D eigenvalue weighted by Crippen LogP contribution is -2.72. The third kappa shape index (κ3) is 5.03. The van der Waals surface area contributed by atoms with Gasteiger partial charge in [0.25, 0.3) is 5.91 Å². The van der Waals surface area contributed by atoms with Crippen LogP contribution in [0.4, 0.5) is 5.69 Å². The molecule has 0 bridgehead atoms. The van der Waals surface area contributed by atoms with Gasteiger partial charge in [-0.1, -0.05) is 18.2 Å². The maximum absolute atomic E-state index is 12.6. The van der Waals surface area contributed by atoms with Crippen molar-refractivity contribution in [3.8, 4) is 0 Å². The third-order valence-corrected chi connectivity index (χ3v) is 8.09. The number of nitrogens with one attached hydrogen (secondary N) is 2. The molecule has 1 saturated heterocycles. The maximum Gasteiger partial charge on any atom is 0.254 e. The number of para-hydroxylation sites is 1. The van der Waals surface area contributed by atoms with Crippen molar-refractivity contribution in [2.75, 3.05) is 31.9 Å². The molecule has 0 radical (unpaired) electrons. The van der Waals surface area contributed by atoms with Gasteiger partial charge in [0.05, 0.1) is 22.9 Å². The first-order valence-corrected chi connectivity index (χ1v) is 13.5. The summed E-state index contributed by atoms with van der Waals surface area (Å²) in [6.45, 7) is 3.38. The number of amides is 1. The molecule has 1 amide bonds. The molecule has 2 aromatic rings. The van der Waals surface area contributed by atoms with E-state index in [0.29, 0.717) is 5.92 Å². The van der Waals surface area contributed by atoms with Crippen LogP contribution in [0.15, 0.2) is 68.0 Å². The van der Waals surface area contributed by atoms with E-state index < -0.39 is 0 Å². The van der Waals surface area contributed by atoms with Crippen molar-refractivity contribution >= 4 is 50.8 Å². The minimum atomic E-state index is 0.159. The number of fused-ring (bicyclic) bond motifs is 1. The fourth-order valence-electron chi connectivity index (χ4n) is 4.80. The molecule has 0 aliphatic carbocycles. The van der Waals surface area contributed by atoms with Crippen molar-refractivity contribution in [1.82, 2.24) is 10.2 Å². The van der Waals surface area contributed by atoms with Crippen molar-refractivity contribution in [3.05, 3.63) is 74.2 Å². The van der Waals surface area contributed by atoms with Gasteiger partial charge >= 0.3 is 0 Å². The molecule has 4 heterocycles. The Morgan fingerprint density at radius 2 is 2.09 bits per heavy atom. The van der Waals surface area contributed by atoms with Gasteiger partial charge in [-0.25, -0.2) is 4.99 Å². The number of benzene rings is 1. The lowest BCUT2D eigenvalue weighted by Gasteiger charge is -2.32. The van der Waals surface area contributed by atoms with E-state index >= 15 is 0 Å². The minimum absolute atomic E-state index is 0.159. The average molecular weight is 540 g/mol. The molecule has 3 aliphatic heterocycles. The summed E-state index contributed by atoms with van der Waals surface area (Å²) in [4.78, 5) is 23.0. The van der Waals surface area contributed by atoms with Gasteiger partial charge in [-0.3, -0.25) is 9.79 Å². The van der Waals surface area contributed by atoms with Crippen LogP contribution in [0.1, 0.15) is 35.2 Å². The topological polar surface area (TPSA) is 84.7 Å². The first-order valence-electron chi connectivity index (χ1n) is 11.7. The molecule has 4 N–H and O–H groups in total. The van der Waals surface area contributed by atoms with E-state index in [1.807, 2.05) is 52.2 Å². The fourth-order valence-corrected chi connectivity index (χ4v) is 6.00. The number of carbonyl (C=O) groups is 1. The average Bonchev–Trinajstić information content (AvgIpc) is 3.32. The van der Waals surface area contributed by atoms with Crippen molar-refractivity contribution in [2.45, 2.75) is 19.3 Å². The summed E-state index contributed by atoms with van der Waals surface area (Å²) >= 11 is 5.26.